The van der Waals surface area contributed by atoms with E-state index in [-0.39, 0.29) is 5.38 Å². The molecule has 0 aromatic carbocycles. The normalized spacial score (nSPS) is 18.6. The summed E-state index contributed by atoms with van der Waals surface area (Å²) in [5, 5.41) is -0.0819. The van der Waals surface area contributed by atoms with E-state index in [0.717, 1.165) is 29.5 Å². The van der Waals surface area contributed by atoms with Crippen LogP contribution in [-0.2, 0) is 6.54 Å². The van der Waals surface area contributed by atoms with Crippen LogP contribution in [0.3, 0.4) is 0 Å². The van der Waals surface area contributed by atoms with Crippen molar-refractivity contribution >= 4 is 34.5 Å². The molecule has 3 rings (SSSR count). The third kappa shape index (κ3) is 2.68. The fourth-order valence-corrected chi connectivity index (χ4v) is 4.20. The molecule has 20 heavy (non-hydrogen) atoms. The summed E-state index contributed by atoms with van der Waals surface area (Å²) in [6.07, 6.45) is 4.44. The van der Waals surface area contributed by atoms with Gasteiger partial charge in [-0.25, -0.2) is 9.97 Å². The van der Waals surface area contributed by atoms with E-state index >= 15 is 0 Å². The zero-order chi connectivity index (χ0) is 14.1. The second-order valence-corrected chi connectivity index (χ2v) is 7.43. The first-order valence-corrected chi connectivity index (χ1v) is 8.79. The molecule has 1 saturated heterocycles. The minimum atomic E-state index is -0.0819. The van der Waals surface area contributed by atoms with Gasteiger partial charge in [0.05, 0.1) is 5.38 Å². The molecule has 1 fully saturated rings. The van der Waals surface area contributed by atoms with E-state index in [2.05, 4.69) is 28.2 Å². The fourth-order valence-electron chi connectivity index (χ4n) is 2.83. The smallest absolute Gasteiger partial charge is 0.160 e. The summed E-state index contributed by atoms with van der Waals surface area (Å²) in [5.41, 5.74) is 3.16. The van der Waals surface area contributed by atoms with Crippen molar-refractivity contribution in [1.29, 1.82) is 0 Å². The number of imidazole rings is 1. The highest BCUT2D eigenvalue weighted by molar-refractivity contribution is 7.99. The van der Waals surface area contributed by atoms with E-state index in [1.807, 2.05) is 19.2 Å². The van der Waals surface area contributed by atoms with Crippen molar-refractivity contribution in [2.45, 2.75) is 38.6 Å². The summed E-state index contributed by atoms with van der Waals surface area (Å²) in [5.74, 6) is 4.23. The van der Waals surface area contributed by atoms with Gasteiger partial charge in [0.1, 0.15) is 11.3 Å². The van der Waals surface area contributed by atoms with Crippen LogP contribution in [0, 0.1) is 12.8 Å². The molecule has 5 heteroatoms. The van der Waals surface area contributed by atoms with Gasteiger partial charge in [-0.2, -0.15) is 11.8 Å². The molecule has 0 radical (unpaired) electrons. The second-order valence-electron chi connectivity index (χ2n) is 5.55. The number of fused-ring (bicyclic) bond motifs is 1. The Labute approximate surface area is 129 Å². The van der Waals surface area contributed by atoms with Crippen LogP contribution in [0.4, 0.5) is 0 Å². The first-order valence-electron chi connectivity index (χ1n) is 7.20. The van der Waals surface area contributed by atoms with Crippen molar-refractivity contribution in [3.8, 4) is 0 Å². The first kappa shape index (κ1) is 14.2. The van der Waals surface area contributed by atoms with Crippen molar-refractivity contribution in [3.63, 3.8) is 0 Å². The Kier molecular flexibility index (Phi) is 4.22. The molecule has 1 atom stereocenters. The maximum absolute atomic E-state index is 6.33. The fraction of sp³-hybridized carbons (Fsp3) is 0.600. The summed E-state index contributed by atoms with van der Waals surface area (Å²) in [7, 11) is 0. The monoisotopic (exact) mass is 309 g/mol. The first-order chi connectivity index (χ1) is 9.66. The van der Waals surface area contributed by atoms with Gasteiger partial charge in [0.15, 0.2) is 5.65 Å². The number of hydrogen-bond donors (Lipinski definition) is 0. The van der Waals surface area contributed by atoms with E-state index in [1.165, 1.54) is 29.9 Å². The van der Waals surface area contributed by atoms with Gasteiger partial charge in [-0.3, -0.25) is 0 Å². The van der Waals surface area contributed by atoms with Crippen molar-refractivity contribution < 1.29 is 0 Å². The predicted octanol–water partition coefficient (Wildman–Crippen LogP) is 4.18. The minimum absolute atomic E-state index is 0.0819. The highest BCUT2D eigenvalue weighted by Gasteiger charge is 2.21. The van der Waals surface area contributed by atoms with Crippen LogP contribution in [0.2, 0.25) is 0 Å². The molecule has 3 heterocycles. The maximum Gasteiger partial charge on any atom is 0.160 e. The Morgan fingerprint density at radius 3 is 2.90 bits per heavy atom. The zero-order valence-corrected chi connectivity index (χ0v) is 13.5. The van der Waals surface area contributed by atoms with E-state index in [1.54, 1.807) is 0 Å². The second kappa shape index (κ2) is 5.94. The third-order valence-electron chi connectivity index (χ3n) is 4.00. The zero-order valence-electron chi connectivity index (χ0n) is 12.0. The lowest BCUT2D eigenvalue weighted by Gasteiger charge is -2.23. The molecule has 2 aromatic rings. The molecular weight excluding hydrogens is 290 g/mol. The summed E-state index contributed by atoms with van der Waals surface area (Å²) < 4.78 is 2.25. The van der Waals surface area contributed by atoms with Gasteiger partial charge in [-0.05, 0) is 55.7 Å². The van der Waals surface area contributed by atoms with Crippen LogP contribution < -0.4 is 0 Å². The number of aromatic nitrogens is 3. The molecule has 3 nitrogen and oxygen atoms in total. The van der Waals surface area contributed by atoms with Crippen LogP contribution in [-0.4, -0.2) is 26.0 Å². The molecule has 1 unspecified atom stereocenters. The van der Waals surface area contributed by atoms with Gasteiger partial charge in [-0.15, -0.1) is 11.6 Å². The highest BCUT2D eigenvalue weighted by atomic mass is 35.5. The van der Waals surface area contributed by atoms with E-state index in [9.17, 15) is 0 Å². The van der Waals surface area contributed by atoms with Crippen molar-refractivity contribution in [2.75, 3.05) is 11.5 Å². The Hall–Kier alpha value is -0.740. The number of alkyl halides is 1. The number of thioether (sulfide) groups is 1. The summed E-state index contributed by atoms with van der Waals surface area (Å²) in [6.45, 7) is 5.08. The average molecular weight is 310 g/mol. The molecule has 0 bridgehead atoms. The Morgan fingerprint density at radius 1 is 1.45 bits per heavy atom. The lowest BCUT2D eigenvalue weighted by Crippen LogP contribution is -2.18. The van der Waals surface area contributed by atoms with Crippen LogP contribution in [0.25, 0.3) is 11.2 Å². The molecule has 0 aliphatic carbocycles. The number of hydrogen-bond acceptors (Lipinski definition) is 3. The lowest BCUT2D eigenvalue weighted by atomic mass is 10.0. The molecule has 0 saturated carbocycles. The van der Waals surface area contributed by atoms with Gasteiger partial charge in [-0.1, -0.05) is 0 Å². The minimum Gasteiger partial charge on any atom is -0.311 e. The standard InChI is InChI=1S/C15H20ClN3S/c1-10-3-6-17-15-13(10)18-14(11(2)16)19(15)9-12-4-7-20-8-5-12/h3,6,11-12H,4-5,7-9H2,1-2H3. The highest BCUT2D eigenvalue weighted by Crippen LogP contribution is 2.29. The summed E-state index contributed by atoms with van der Waals surface area (Å²) >= 11 is 8.40. The number of nitrogens with zero attached hydrogens (tertiary/aromatic N) is 3. The molecule has 2 aromatic heterocycles. The number of rotatable bonds is 3. The lowest BCUT2D eigenvalue weighted by molar-refractivity contribution is 0.414. The largest absolute Gasteiger partial charge is 0.311 e. The van der Waals surface area contributed by atoms with Crippen LogP contribution in [0.1, 0.15) is 36.5 Å². The van der Waals surface area contributed by atoms with Crippen LogP contribution >= 0.6 is 23.4 Å². The van der Waals surface area contributed by atoms with E-state index < -0.39 is 0 Å². The van der Waals surface area contributed by atoms with Gasteiger partial charge < -0.3 is 4.57 Å². The van der Waals surface area contributed by atoms with Crippen molar-refractivity contribution in [2.24, 2.45) is 5.92 Å². The number of pyridine rings is 1. The van der Waals surface area contributed by atoms with E-state index in [4.69, 9.17) is 16.6 Å². The van der Waals surface area contributed by atoms with Crippen molar-refractivity contribution in [1.82, 2.24) is 14.5 Å². The molecule has 0 spiro atoms. The topological polar surface area (TPSA) is 30.7 Å². The van der Waals surface area contributed by atoms with Crippen molar-refractivity contribution in [3.05, 3.63) is 23.7 Å². The van der Waals surface area contributed by atoms with Gasteiger partial charge in [0.25, 0.3) is 0 Å². The molecule has 1 aliphatic heterocycles. The Bertz CT molecular complexity index is 602. The number of halogens is 1. The molecule has 0 N–H and O–H groups in total. The predicted molar refractivity (Wildman–Crippen MR) is 86.6 cm³/mol. The SMILES string of the molecule is Cc1ccnc2c1nc(C(C)Cl)n2CC1CCSCC1. The summed E-state index contributed by atoms with van der Waals surface area (Å²) in [4.78, 5) is 9.29. The van der Waals surface area contributed by atoms with Crippen LogP contribution in [0.5, 0.6) is 0 Å². The Balaban J connectivity index is 2.02. The molecular formula is C15H20ClN3S. The summed E-state index contributed by atoms with van der Waals surface area (Å²) in [6, 6.07) is 2.01. The maximum atomic E-state index is 6.33. The van der Waals surface area contributed by atoms with Gasteiger partial charge in [0.2, 0.25) is 0 Å². The van der Waals surface area contributed by atoms with Gasteiger partial charge >= 0.3 is 0 Å². The van der Waals surface area contributed by atoms with E-state index in [0.29, 0.717) is 0 Å². The number of aryl methyl sites for hydroxylation is 1. The quantitative estimate of drug-likeness (QED) is 0.797. The molecule has 0 amide bonds. The third-order valence-corrected chi connectivity index (χ3v) is 5.25. The average Bonchev–Trinajstić information content (AvgIpc) is 2.81. The Morgan fingerprint density at radius 2 is 2.20 bits per heavy atom. The molecule has 108 valence electrons. The van der Waals surface area contributed by atoms with Gasteiger partial charge in [0, 0.05) is 12.7 Å². The van der Waals surface area contributed by atoms with Crippen LogP contribution in [0.15, 0.2) is 12.3 Å². The molecule has 1 aliphatic rings.